The molecule has 3 nitrogen and oxygen atoms in total. The van der Waals surface area contributed by atoms with Crippen LogP contribution in [0.5, 0.6) is 0 Å². The first-order valence-electron chi connectivity index (χ1n) is 3.39. The first kappa shape index (κ1) is 8.27. The van der Waals surface area contributed by atoms with Crippen LogP contribution >= 0.6 is 11.6 Å². The zero-order valence-corrected chi connectivity index (χ0v) is 7.26. The molecule has 0 aliphatic rings. The number of rotatable bonds is 1. The third kappa shape index (κ3) is 1.80. The number of nitrogens with zero attached hydrogens (tertiary/aromatic N) is 2. The fourth-order valence-electron chi connectivity index (χ4n) is 0.681. The Morgan fingerprint density at radius 1 is 1.55 bits per heavy atom. The summed E-state index contributed by atoms with van der Waals surface area (Å²) in [4.78, 5) is 7.93. The van der Waals surface area contributed by atoms with Crippen LogP contribution in [0.25, 0.3) is 0 Å². The lowest BCUT2D eigenvalue weighted by Gasteiger charge is -2.04. The molecule has 0 saturated heterocycles. The summed E-state index contributed by atoms with van der Waals surface area (Å²) in [5, 5.41) is 0.273. The van der Waals surface area contributed by atoms with Crippen molar-refractivity contribution in [2.45, 2.75) is 19.8 Å². The van der Waals surface area contributed by atoms with E-state index in [1.54, 1.807) is 6.20 Å². The van der Waals surface area contributed by atoms with Gasteiger partial charge < -0.3 is 5.73 Å². The zero-order chi connectivity index (χ0) is 8.43. The number of nitrogen functional groups attached to an aromatic ring is 1. The Kier molecular flexibility index (Phi) is 2.29. The average molecular weight is 172 g/mol. The zero-order valence-electron chi connectivity index (χ0n) is 6.50. The molecule has 1 heterocycles. The summed E-state index contributed by atoms with van der Waals surface area (Å²) < 4.78 is 0. The second-order valence-corrected chi connectivity index (χ2v) is 2.98. The van der Waals surface area contributed by atoms with E-state index < -0.39 is 0 Å². The standard InChI is InChI=1S/C7H10ClN3/c1-4(2)5-3-10-6(8)7(9)11-5/h3-4H,1-2H3,(H2,9,11). The lowest BCUT2D eigenvalue weighted by atomic mass is 10.1. The molecule has 1 aromatic heterocycles. The van der Waals surface area contributed by atoms with E-state index in [1.807, 2.05) is 13.8 Å². The lowest BCUT2D eigenvalue weighted by molar-refractivity contribution is 0.815. The molecule has 0 aliphatic carbocycles. The van der Waals surface area contributed by atoms with E-state index in [-0.39, 0.29) is 5.15 Å². The van der Waals surface area contributed by atoms with Gasteiger partial charge in [-0.25, -0.2) is 9.97 Å². The van der Waals surface area contributed by atoms with Crippen molar-refractivity contribution in [3.63, 3.8) is 0 Å². The van der Waals surface area contributed by atoms with Crippen LogP contribution in [0.3, 0.4) is 0 Å². The molecule has 0 amide bonds. The Bertz CT molecular complexity index is 260. The predicted molar refractivity (Wildman–Crippen MR) is 45.5 cm³/mol. The van der Waals surface area contributed by atoms with Gasteiger partial charge in [-0.2, -0.15) is 0 Å². The monoisotopic (exact) mass is 171 g/mol. The summed E-state index contributed by atoms with van der Waals surface area (Å²) in [7, 11) is 0. The molecule has 0 fully saturated rings. The Morgan fingerprint density at radius 3 is 2.64 bits per heavy atom. The van der Waals surface area contributed by atoms with Crippen molar-refractivity contribution >= 4 is 17.4 Å². The van der Waals surface area contributed by atoms with Crippen molar-refractivity contribution in [3.8, 4) is 0 Å². The summed E-state index contributed by atoms with van der Waals surface area (Å²) in [5.41, 5.74) is 6.32. The summed E-state index contributed by atoms with van der Waals surface area (Å²) in [5.74, 6) is 0.639. The molecule has 0 atom stereocenters. The van der Waals surface area contributed by atoms with Crippen LogP contribution in [0.1, 0.15) is 25.5 Å². The van der Waals surface area contributed by atoms with Gasteiger partial charge in [-0.3, -0.25) is 0 Å². The Balaban J connectivity index is 3.05. The van der Waals surface area contributed by atoms with Crippen LogP contribution in [0.4, 0.5) is 5.82 Å². The highest BCUT2D eigenvalue weighted by Gasteiger charge is 2.04. The average Bonchev–Trinajstić information content (AvgIpc) is 1.94. The predicted octanol–water partition coefficient (Wildman–Crippen LogP) is 1.84. The van der Waals surface area contributed by atoms with Gasteiger partial charge >= 0.3 is 0 Å². The summed E-state index contributed by atoms with van der Waals surface area (Å²) >= 11 is 5.59. The maximum atomic E-state index is 5.59. The van der Waals surface area contributed by atoms with E-state index in [0.29, 0.717) is 11.7 Å². The van der Waals surface area contributed by atoms with Gasteiger partial charge in [0.15, 0.2) is 11.0 Å². The van der Waals surface area contributed by atoms with Gasteiger partial charge in [0.2, 0.25) is 0 Å². The number of halogens is 1. The molecule has 2 N–H and O–H groups in total. The van der Waals surface area contributed by atoms with Gasteiger partial charge in [0, 0.05) is 0 Å². The van der Waals surface area contributed by atoms with Crippen LogP contribution in [0, 0.1) is 0 Å². The molecule has 60 valence electrons. The minimum atomic E-state index is 0.273. The number of anilines is 1. The van der Waals surface area contributed by atoms with Crippen LogP contribution in [0.15, 0.2) is 6.20 Å². The van der Waals surface area contributed by atoms with E-state index in [0.717, 1.165) is 5.69 Å². The summed E-state index contributed by atoms with van der Waals surface area (Å²) in [6, 6.07) is 0. The first-order valence-corrected chi connectivity index (χ1v) is 3.77. The maximum Gasteiger partial charge on any atom is 0.171 e. The summed E-state index contributed by atoms with van der Waals surface area (Å²) in [6.07, 6.45) is 1.64. The van der Waals surface area contributed by atoms with E-state index in [4.69, 9.17) is 17.3 Å². The third-order valence-electron chi connectivity index (χ3n) is 1.36. The molecular formula is C7H10ClN3. The minimum absolute atomic E-state index is 0.273. The van der Waals surface area contributed by atoms with E-state index in [2.05, 4.69) is 9.97 Å². The van der Waals surface area contributed by atoms with Gasteiger partial charge in [-0.05, 0) is 5.92 Å². The largest absolute Gasteiger partial charge is 0.381 e. The van der Waals surface area contributed by atoms with Crippen molar-refractivity contribution < 1.29 is 0 Å². The number of aromatic nitrogens is 2. The van der Waals surface area contributed by atoms with Gasteiger partial charge in [-0.1, -0.05) is 25.4 Å². The molecule has 0 unspecified atom stereocenters. The van der Waals surface area contributed by atoms with E-state index in [9.17, 15) is 0 Å². The van der Waals surface area contributed by atoms with Gasteiger partial charge in [-0.15, -0.1) is 0 Å². The summed E-state index contributed by atoms with van der Waals surface area (Å²) in [6.45, 7) is 4.05. The van der Waals surface area contributed by atoms with Crippen molar-refractivity contribution in [1.82, 2.24) is 9.97 Å². The van der Waals surface area contributed by atoms with Crippen LogP contribution in [-0.2, 0) is 0 Å². The molecule has 1 aromatic rings. The lowest BCUT2D eigenvalue weighted by Crippen LogP contribution is -1.99. The smallest absolute Gasteiger partial charge is 0.171 e. The minimum Gasteiger partial charge on any atom is -0.381 e. The molecule has 1 rings (SSSR count). The van der Waals surface area contributed by atoms with Gasteiger partial charge in [0.25, 0.3) is 0 Å². The van der Waals surface area contributed by atoms with E-state index in [1.165, 1.54) is 0 Å². The van der Waals surface area contributed by atoms with Gasteiger partial charge in [0.05, 0.1) is 11.9 Å². The van der Waals surface area contributed by atoms with Crippen LogP contribution in [-0.4, -0.2) is 9.97 Å². The highest BCUT2D eigenvalue weighted by atomic mass is 35.5. The van der Waals surface area contributed by atoms with Crippen molar-refractivity contribution in [2.24, 2.45) is 0 Å². The molecule has 0 spiro atoms. The molecule has 11 heavy (non-hydrogen) atoms. The Hall–Kier alpha value is -0.830. The molecule has 4 heteroatoms. The topological polar surface area (TPSA) is 51.8 Å². The second kappa shape index (κ2) is 3.05. The molecule has 0 aromatic carbocycles. The number of hydrogen-bond donors (Lipinski definition) is 1. The molecular weight excluding hydrogens is 162 g/mol. The number of hydrogen-bond acceptors (Lipinski definition) is 3. The molecule has 0 saturated carbocycles. The SMILES string of the molecule is CC(C)c1cnc(Cl)c(N)n1. The fourth-order valence-corrected chi connectivity index (χ4v) is 0.772. The van der Waals surface area contributed by atoms with Crippen molar-refractivity contribution in [2.75, 3.05) is 5.73 Å². The third-order valence-corrected chi connectivity index (χ3v) is 1.65. The molecule has 0 aliphatic heterocycles. The highest BCUT2D eigenvalue weighted by Crippen LogP contribution is 2.16. The van der Waals surface area contributed by atoms with Gasteiger partial charge in [0.1, 0.15) is 0 Å². The van der Waals surface area contributed by atoms with E-state index >= 15 is 0 Å². The second-order valence-electron chi connectivity index (χ2n) is 2.63. The highest BCUT2D eigenvalue weighted by molar-refractivity contribution is 6.31. The normalized spacial score (nSPS) is 10.5. The quantitative estimate of drug-likeness (QED) is 0.702. The van der Waals surface area contributed by atoms with Crippen LogP contribution < -0.4 is 5.73 Å². The molecule has 0 radical (unpaired) electrons. The van der Waals surface area contributed by atoms with Crippen molar-refractivity contribution in [3.05, 3.63) is 17.0 Å². The molecule has 0 bridgehead atoms. The number of nitrogens with two attached hydrogens (primary N) is 1. The van der Waals surface area contributed by atoms with Crippen molar-refractivity contribution in [1.29, 1.82) is 0 Å². The Labute approximate surface area is 70.6 Å². The van der Waals surface area contributed by atoms with Crippen LogP contribution in [0.2, 0.25) is 5.15 Å². The maximum absolute atomic E-state index is 5.59. The Morgan fingerprint density at radius 2 is 2.18 bits per heavy atom. The first-order chi connectivity index (χ1) is 5.11. The fraction of sp³-hybridized carbons (Fsp3) is 0.429.